The second-order valence-electron chi connectivity index (χ2n) is 3.38. The second-order valence-corrected chi connectivity index (χ2v) is 3.38. The van der Waals surface area contributed by atoms with Gasteiger partial charge in [0.25, 0.3) is 0 Å². The highest BCUT2D eigenvalue weighted by atomic mass is 19.4. The van der Waals surface area contributed by atoms with Gasteiger partial charge in [-0.25, -0.2) is 4.39 Å². The molecular weight excluding hydrogens is 264 g/mol. The summed E-state index contributed by atoms with van der Waals surface area (Å²) in [5.74, 6) is -8.49. The standard InChI is InChI=1S/C10H7F6NO/c11-7-3-1-6(2-4-7)5-17-8(18)9(12,13)10(14,15)16/h1-4H,5H2,(H,17,18). The van der Waals surface area contributed by atoms with Gasteiger partial charge >= 0.3 is 18.0 Å². The number of nitrogens with one attached hydrogen (secondary N) is 1. The Balaban J connectivity index is 2.64. The van der Waals surface area contributed by atoms with Crippen LogP contribution in [0.2, 0.25) is 0 Å². The maximum atomic E-state index is 12.5. The molecule has 0 atom stereocenters. The van der Waals surface area contributed by atoms with Gasteiger partial charge in [-0.2, -0.15) is 22.0 Å². The number of rotatable bonds is 3. The van der Waals surface area contributed by atoms with Crippen LogP contribution in [0.15, 0.2) is 24.3 Å². The van der Waals surface area contributed by atoms with Crippen molar-refractivity contribution in [2.75, 3.05) is 0 Å². The molecule has 0 aliphatic carbocycles. The molecule has 0 fully saturated rings. The minimum atomic E-state index is -5.94. The summed E-state index contributed by atoms with van der Waals surface area (Å²) in [6.45, 7) is -0.551. The van der Waals surface area contributed by atoms with E-state index in [1.807, 2.05) is 0 Å². The van der Waals surface area contributed by atoms with Crippen molar-refractivity contribution in [3.8, 4) is 0 Å². The fourth-order valence-electron chi connectivity index (χ4n) is 1.02. The molecule has 8 heteroatoms. The van der Waals surface area contributed by atoms with Crippen molar-refractivity contribution in [3.63, 3.8) is 0 Å². The molecule has 0 aromatic heterocycles. The predicted molar refractivity (Wildman–Crippen MR) is 49.2 cm³/mol. The van der Waals surface area contributed by atoms with Crippen LogP contribution in [-0.2, 0) is 11.3 Å². The molecular formula is C10H7F6NO. The van der Waals surface area contributed by atoms with Crippen LogP contribution < -0.4 is 5.32 Å². The van der Waals surface area contributed by atoms with Gasteiger partial charge in [-0.3, -0.25) is 4.79 Å². The Hall–Kier alpha value is -1.73. The van der Waals surface area contributed by atoms with Crippen molar-refractivity contribution in [1.82, 2.24) is 5.32 Å². The quantitative estimate of drug-likeness (QED) is 0.841. The number of alkyl halides is 5. The van der Waals surface area contributed by atoms with E-state index in [4.69, 9.17) is 0 Å². The van der Waals surface area contributed by atoms with Crippen molar-refractivity contribution in [2.45, 2.75) is 18.6 Å². The van der Waals surface area contributed by atoms with Crippen LogP contribution in [0.3, 0.4) is 0 Å². The molecule has 0 bridgehead atoms. The first-order valence-electron chi connectivity index (χ1n) is 4.62. The van der Waals surface area contributed by atoms with E-state index < -0.39 is 30.4 Å². The van der Waals surface area contributed by atoms with Crippen LogP contribution in [0.25, 0.3) is 0 Å². The number of halogens is 6. The third-order valence-corrected chi connectivity index (χ3v) is 2.01. The molecule has 100 valence electrons. The molecule has 2 nitrogen and oxygen atoms in total. The van der Waals surface area contributed by atoms with Crippen molar-refractivity contribution < 1.29 is 31.1 Å². The number of carbonyl (C=O) groups is 1. The highest BCUT2D eigenvalue weighted by Gasteiger charge is 2.63. The molecule has 0 aliphatic heterocycles. The van der Waals surface area contributed by atoms with Crippen LogP contribution in [-0.4, -0.2) is 18.0 Å². The largest absolute Gasteiger partial charge is 0.463 e. The maximum Gasteiger partial charge on any atom is 0.463 e. The molecule has 0 spiro atoms. The van der Waals surface area contributed by atoms with Crippen LogP contribution >= 0.6 is 0 Å². The van der Waals surface area contributed by atoms with E-state index in [0.29, 0.717) is 0 Å². The summed E-state index contributed by atoms with van der Waals surface area (Å²) in [5, 5.41) is 1.43. The maximum absolute atomic E-state index is 12.5. The van der Waals surface area contributed by atoms with Crippen LogP contribution in [0, 0.1) is 5.82 Å². The van der Waals surface area contributed by atoms with Crippen LogP contribution in [0.4, 0.5) is 26.3 Å². The molecule has 1 aromatic rings. The first-order valence-corrected chi connectivity index (χ1v) is 4.62. The SMILES string of the molecule is O=C(NCc1ccc(F)cc1)C(F)(F)C(F)(F)F. The summed E-state index contributed by atoms with van der Waals surface area (Å²) in [7, 11) is 0. The van der Waals surface area contributed by atoms with E-state index >= 15 is 0 Å². The Morgan fingerprint density at radius 1 is 1.06 bits per heavy atom. The summed E-state index contributed by atoms with van der Waals surface area (Å²) >= 11 is 0. The first-order chi connectivity index (χ1) is 8.14. The zero-order valence-corrected chi connectivity index (χ0v) is 8.69. The summed E-state index contributed by atoms with van der Waals surface area (Å²) in [6, 6.07) is 4.29. The molecule has 1 amide bonds. The van der Waals surface area contributed by atoms with Crippen LogP contribution in [0.1, 0.15) is 5.56 Å². The number of hydrogen-bond acceptors (Lipinski definition) is 1. The molecule has 18 heavy (non-hydrogen) atoms. The second kappa shape index (κ2) is 4.87. The first kappa shape index (κ1) is 14.3. The zero-order chi connectivity index (χ0) is 14.0. The Bertz CT molecular complexity index is 425. The minimum Gasteiger partial charge on any atom is -0.346 e. The monoisotopic (exact) mass is 271 g/mol. The number of hydrogen-bond donors (Lipinski definition) is 1. The lowest BCUT2D eigenvalue weighted by atomic mass is 10.2. The Labute approximate surface area is 97.6 Å². The van der Waals surface area contributed by atoms with Gasteiger partial charge in [0, 0.05) is 6.54 Å². The van der Waals surface area contributed by atoms with E-state index in [0.717, 1.165) is 24.3 Å². The Morgan fingerprint density at radius 3 is 2.00 bits per heavy atom. The lowest BCUT2D eigenvalue weighted by Crippen LogP contribution is -2.50. The fraction of sp³-hybridized carbons (Fsp3) is 0.300. The summed E-state index contributed by atoms with van der Waals surface area (Å²) in [6.07, 6.45) is -5.94. The third kappa shape index (κ3) is 3.14. The molecule has 0 heterocycles. The Morgan fingerprint density at radius 2 is 1.56 bits per heavy atom. The molecule has 0 radical (unpaired) electrons. The van der Waals surface area contributed by atoms with Gasteiger partial charge in [0.1, 0.15) is 5.82 Å². The van der Waals surface area contributed by atoms with Gasteiger partial charge < -0.3 is 5.32 Å². The molecule has 1 rings (SSSR count). The number of carbonyl (C=O) groups excluding carboxylic acids is 1. The van der Waals surface area contributed by atoms with Crippen molar-refractivity contribution in [1.29, 1.82) is 0 Å². The van der Waals surface area contributed by atoms with Gasteiger partial charge in [-0.15, -0.1) is 0 Å². The van der Waals surface area contributed by atoms with Gasteiger partial charge in [0.15, 0.2) is 0 Å². The van der Waals surface area contributed by atoms with Gasteiger partial charge in [-0.1, -0.05) is 12.1 Å². The number of amides is 1. The van der Waals surface area contributed by atoms with Gasteiger partial charge in [0.05, 0.1) is 0 Å². The summed E-state index contributed by atoms with van der Waals surface area (Å²) < 4.78 is 72.9. The van der Waals surface area contributed by atoms with E-state index in [2.05, 4.69) is 0 Å². The average Bonchev–Trinajstić information content (AvgIpc) is 2.26. The molecule has 1 N–H and O–H groups in total. The van der Waals surface area contributed by atoms with E-state index in [1.165, 1.54) is 5.32 Å². The van der Waals surface area contributed by atoms with Crippen molar-refractivity contribution in [3.05, 3.63) is 35.6 Å². The summed E-state index contributed by atoms with van der Waals surface area (Å²) in [4.78, 5) is 10.7. The van der Waals surface area contributed by atoms with Gasteiger partial charge in [0.2, 0.25) is 0 Å². The minimum absolute atomic E-state index is 0.197. The Kier molecular flexibility index (Phi) is 3.88. The normalized spacial score (nSPS) is 12.3. The highest BCUT2D eigenvalue weighted by Crippen LogP contribution is 2.35. The molecule has 1 aromatic carbocycles. The zero-order valence-electron chi connectivity index (χ0n) is 8.69. The fourth-order valence-corrected chi connectivity index (χ4v) is 1.02. The van der Waals surface area contributed by atoms with E-state index in [1.54, 1.807) is 0 Å². The van der Waals surface area contributed by atoms with E-state index in [-0.39, 0.29) is 5.56 Å². The van der Waals surface area contributed by atoms with E-state index in [9.17, 15) is 31.1 Å². The lowest BCUT2D eigenvalue weighted by Gasteiger charge is -2.18. The van der Waals surface area contributed by atoms with Gasteiger partial charge in [-0.05, 0) is 17.7 Å². The predicted octanol–water partition coefficient (Wildman–Crippen LogP) is 2.64. The molecule has 0 aliphatic rings. The summed E-state index contributed by atoms with van der Waals surface area (Å²) in [5.41, 5.74) is 0.197. The highest BCUT2D eigenvalue weighted by molar-refractivity contribution is 5.84. The van der Waals surface area contributed by atoms with Crippen molar-refractivity contribution >= 4 is 5.91 Å². The van der Waals surface area contributed by atoms with Crippen LogP contribution in [0.5, 0.6) is 0 Å². The topological polar surface area (TPSA) is 29.1 Å². The smallest absolute Gasteiger partial charge is 0.346 e. The van der Waals surface area contributed by atoms with Crippen molar-refractivity contribution in [2.24, 2.45) is 0 Å². The third-order valence-electron chi connectivity index (χ3n) is 2.01. The molecule has 0 saturated carbocycles. The lowest BCUT2D eigenvalue weighted by molar-refractivity contribution is -0.269. The molecule has 0 saturated heterocycles. The average molecular weight is 271 g/mol. The molecule has 0 unspecified atom stereocenters. The number of benzene rings is 1.